The molecular weight excluding hydrogens is 364 g/mol. The number of aryl methyl sites for hydroxylation is 1. The highest BCUT2D eigenvalue weighted by atomic mass is 19.3. The Balaban J connectivity index is 2.00. The summed E-state index contributed by atoms with van der Waals surface area (Å²) in [4.78, 5) is 0. The number of H-pyrrole nitrogens is 1. The third-order valence-corrected chi connectivity index (χ3v) is 4.22. The van der Waals surface area contributed by atoms with Gasteiger partial charge in [0, 0.05) is 10.9 Å². The van der Waals surface area contributed by atoms with Crippen LogP contribution in [-0.4, -0.2) is 30.4 Å². The normalized spacial score (nSPS) is 13.0. The maximum Gasteiger partial charge on any atom is 0.335 e. The molecule has 0 atom stereocenters. The van der Waals surface area contributed by atoms with Crippen LogP contribution in [0.15, 0.2) is 54.2 Å². The fraction of sp³-hybridized carbons (Fsp3) is 0.211. The predicted molar refractivity (Wildman–Crippen MR) is 99.3 cm³/mol. The highest BCUT2D eigenvalue weighted by molar-refractivity contribution is 5.82. The molecule has 0 amide bonds. The van der Waals surface area contributed by atoms with E-state index >= 15 is 0 Å². The minimum atomic E-state index is -3.39. The summed E-state index contributed by atoms with van der Waals surface area (Å²) in [7, 11) is 0. The standard InChI is InChI=1S/C19H17F2N7/c1-4-14(10-22)6-5-12(2)11-28-17-9-15(7-8-16(17)13(3)25-28)19(20,21)18-23-26-27-24-18/h4-9H,1,11H2,2-3H3,(H,23,24,26,27)/b12-5+,14-6+. The van der Waals surface area contributed by atoms with Gasteiger partial charge in [-0.2, -0.15) is 24.4 Å². The number of nitrogens with zero attached hydrogens (tertiary/aromatic N) is 6. The molecule has 7 nitrogen and oxygen atoms in total. The van der Waals surface area contributed by atoms with Crippen LogP contribution in [0.4, 0.5) is 8.78 Å². The Morgan fingerprint density at radius 3 is 2.82 bits per heavy atom. The number of allylic oxidation sites excluding steroid dienone is 5. The van der Waals surface area contributed by atoms with E-state index in [4.69, 9.17) is 5.26 Å². The van der Waals surface area contributed by atoms with Gasteiger partial charge < -0.3 is 0 Å². The summed E-state index contributed by atoms with van der Waals surface area (Å²) >= 11 is 0. The van der Waals surface area contributed by atoms with Gasteiger partial charge in [0.05, 0.1) is 29.4 Å². The Morgan fingerprint density at radius 1 is 1.39 bits per heavy atom. The molecule has 0 saturated heterocycles. The Morgan fingerprint density at radius 2 is 2.18 bits per heavy atom. The minimum absolute atomic E-state index is 0.248. The molecule has 9 heteroatoms. The van der Waals surface area contributed by atoms with E-state index in [0.29, 0.717) is 17.6 Å². The molecule has 0 radical (unpaired) electrons. The smallest absolute Gasteiger partial charge is 0.260 e. The van der Waals surface area contributed by atoms with Crippen molar-refractivity contribution in [3.63, 3.8) is 0 Å². The second-order valence-electron chi connectivity index (χ2n) is 6.24. The molecule has 2 heterocycles. The number of nitrogens with one attached hydrogen (secondary N) is 1. The van der Waals surface area contributed by atoms with Crippen LogP contribution in [-0.2, 0) is 12.5 Å². The van der Waals surface area contributed by atoms with E-state index in [1.54, 1.807) is 22.9 Å². The summed E-state index contributed by atoms with van der Waals surface area (Å²) in [5, 5.41) is 26.2. The van der Waals surface area contributed by atoms with Crippen LogP contribution in [0, 0.1) is 18.3 Å². The van der Waals surface area contributed by atoms with Crippen LogP contribution >= 0.6 is 0 Å². The number of rotatable bonds is 6. The summed E-state index contributed by atoms with van der Waals surface area (Å²) in [6.07, 6.45) is 4.89. The first kappa shape index (κ1) is 19.1. The third kappa shape index (κ3) is 3.57. The molecule has 28 heavy (non-hydrogen) atoms. The molecule has 0 fully saturated rings. The lowest BCUT2D eigenvalue weighted by Crippen LogP contribution is -2.17. The van der Waals surface area contributed by atoms with Gasteiger partial charge in [0.1, 0.15) is 0 Å². The number of alkyl halides is 2. The summed E-state index contributed by atoms with van der Waals surface area (Å²) in [6, 6.07) is 6.36. The van der Waals surface area contributed by atoms with Crippen LogP contribution < -0.4 is 0 Å². The fourth-order valence-electron chi connectivity index (χ4n) is 2.75. The first-order chi connectivity index (χ1) is 13.4. The van der Waals surface area contributed by atoms with Crippen molar-refractivity contribution in [3.05, 3.63) is 71.2 Å². The lowest BCUT2D eigenvalue weighted by Gasteiger charge is -2.13. The number of aromatic nitrogens is 6. The van der Waals surface area contributed by atoms with Gasteiger partial charge >= 0.3 is 5.92 Å². The van der Waals surface area contributed by atoms with Crippen LogP contribution in [0.25, 0.3) is 10.9 Å². The van der Waals surface area contributed by atoms with E-state index in [1.165, 1.54) is 18.2 Å². The molecule has 0 unspecified atom stereocenters. The maximum absolute atomic E-state index is 14.7. The van der Waals surface area contributed by atoms with E-state index in [2.05, 4.69) is 32.3 Å². The Labute approximate surface area is 159 Å². The van der Waals surface area contributed by atoms with Gasteiger partial charge in [-0.15, -0.1) is 10.2 Å². The lowest BCUT2D eigenvalue weighted by atomic mass is 10.1. The molecule has 0 aliphatic heterocycles. The van der Waals surface area contributed by atoms with E-state index in [1.807, 2.05) is 19.9 Å². The number of halogens is 2. The average Bonchev–Trinajstić information content (AvgIpc) is 3.32. The van der Waals surface area contributed by atoms with Crippen molar-refractivity contribution in [1.82, 2.24) is 30.4 Å². The SMILES string of the molecule is C=C/C(C#N)=C\C=C(/C)Cn1nc(C)c2ccc(C(F)(F)c3nn[nH]n3)cc21. The quantitative estimate of drug-likeness (QED) is 0.520. The van der Waals surface area contributed by atoms with Gasteiger partial charge in [0.2, 0.25) is 5.82 Å². The van der Waals surface area contributed by atoms with E-state index in [0.717, 1.165) is 16.7 Å². The molecule has 0 spiro atoms. The summed E-state index contributed by atoms with van der Waals surface area (Å²) < 4.78 is 31.0. The molecule has 0 aliphatic rings. The number of hydrogen-bond acceptors (Lipinski definition) is 5. The second-order valence-corrected chi connectivity index (χ2v) is 6.24. The van der Waals surface area contributed by atoms with Gasteiger partial charge in [-0.3, -0.25) is 4.68 Å². The largest absolute Gasteiger partial charge is 0.335 e. The van der Waals surface area contributed by atoms with Crippen molar-refractivity contribution in [2.75, 3.05) is 0 Å². The van der Waals surface area contributed by atoms with Crippen molar-refractivity contribution in [2.45, 2.75) is 26.3 Å². The topological polar surface area (TPSA) is 96.1 Å². The molecule has 0 bridgehead atoms. The van der Waals surface area contributed by atoms with Gasteiger partial charge in [-0.1, -0.05) is 36.4 Å². The maximum atomic E-state index is 14.7. The second kappa shape index (κ2) is 7.52. The zero-order valence-electron chi connectivity index (χ0n) is 15.3. The monoisotopic (exact) mass is 381 g/mol. The summed E-state index contributed by atoms with van der Waals surface area (Å²) in [5.74, 6) is -4.08. The number of aromatic amines is 1. The van der Waals surface area contributed by atoms with Crippen molar-refractivity contribution < 1.29 is 8.78 Å². The van der Waals surface area contributed by atoms with Crippen molar-refractivity contribution in [1.29, 1.82) is 5.26 Å². The molecule has 0 aliphatic carbocycles. The fourth-order valence-corrected chi connectivity index (χ4v) is 2.75. The lowest BCUT2D eigenvalue weighted by molar-refractivity contribution is 0.0330. The van der Waals surface area contributed by atoms with Crippen LogP contribution in [0.2, 0.25) is 0 Å². The molecular formula is C19H17F2N7. The highest BCUT2D eigenvalue weighted by Crippen LogP contribution is 2.35. The minimum Gasteiger partial charge on any atom is -0.260 e. The Bertz CT molecular complexity index is 1120. The molecule has 2 aromatic heterocycles. The number of benzene rings is 1. The molecule has 3 rings (SSSR count). The zero-order chi connectivity index (χ0) is 20.3. The number of nitriles is 1. The molecule has 1 N–H and O–H groups in total. The third-order valence-electron chi connectivity index (χ3n) is 4.22. The summed E-state index contributed by atoms with van der Waals surface area (Å²) in [6.45, 7) is 7.64. The first-order valence-corrected chi connectivity index (χ1v) is 8.36. The zero-order valence-corrected chi connectivity index (χ0v) is 15.3. The van der Waals surface area contributed by atoms with Gasteiger partial charge in [0.25, 0.3) is 0 Å². The van der Waals surface area contributed by atoms with E-state index in [-0.39, 0.29) is 5.56 Å². The van der Waals surface area contributed by atoms with E-state index < -0.39 is 11.7 Å². The molecule has 0 saturated carbocycles. The first-order valence-electron chi connectivity index (χ1n) is 8.36. The van der Waals surface area contributed by atoms with Crippen molar-refractivity contribution in [3.8, 4) is 6.07 Å². The Hall–Kier alpha value is -3.67. The molecule has 3 aromatic rings. The van der Waals surface area contributed by atoms with Gasteiger partial charge in [-0.25, -0.2) is 0 Å². The highest BCUT2D eigenvalue weighted by Gasteiger charge is 2.39. The van der Waals surface area contributed by atoms with Crippen molar-refractivity contribution in [2.24, 2.45) is 0 Å². The van der Waals surface area contributed by atoms with E-state index in [9.17, 15) is 8.78 Å². The van der Waals surface area contributed by atoms with Gasteiger partial charge in [-0.05, 0) is 31.2 Å². The summed E-state index contributed by atoms with van der Waals surface area (Å²) in [5.41, 5.74) is 2.38. The number of hydrogen-bond donors (Lipinski definition) is 1. The molecule has 142 valence electrons. The molecule has 1 aromatic carbocycles. The number of fused-ring (bicyclic) bond motifs is 1. The van der Waals surface area contributed by atoms with Crippen LogP contribution in [0.5, 0.6) is 0 Å². The number of tetrazole rings is 1. The van der Waals surface area contributed by atoms with Gasteiger partial charge in [0.15, 0.2) is 0 Å². The van der Waals surface area contributed by atoms with Crippen molar-refractivity contribution >= 4 is 10.9 Å². The Kier molecular flexibility index (Phi) is 5.13. The van der Waals surface area contributed by atoms with Crippen LogP contribution in [0.3, 0.4) is 0 Å². The van der Waals surface area contributed by atoms with Crippen LogP contribution in [0.1, 0.15) is 24.0 Å². The average molecular weight is 381 g/mol. The predicted octanol–water partition coefficient (Wildman–Crippen LogP) is 3.58.